The molecule has 0 bridgehead atoms. The first-order valence-electron chi connectivity index (χ1n) is 10.1. The van der Waals surface area contributed by atoms with Gasteiger partial charge in [-0.15, -0.1) is 0 Å². The number of nitrogens with zero attached hydrogens (tertiary/aromatic N) is 4. The molecule has 7 heteroatoms. The average molecular weight is 383 g/mol. The van der Waals surface area contributed by atoms with Crippen LogP contribution in [0.25, 0.3) is 11.0 Å². The minimum atomic E-state index is 0.0417. The summed E-state index contributed by atoms with van der Waals surface area (Å²) in [6.45, 7) is 10.5. The molecule has 0 radical (unpaired) electrons. The number of carbonyl (C=O) groups excluding carboxylic acids is 1. The number of hydrogen-bond donors (Lipinski definition) is 1. The minimum absolute atomic E-state index is 0.0417. The molecule has 1 aromatic carbocycles. The van der Waals surface area contributed by atoms with Crippen molar-refractivity contribution in [2.75, 3.05) is 29.9 Å². The molecule has 3 atom stereocenters. The summed E-state index contributed by atoms with van der Waals surface area (Å²) in [6, 6.07) is 8.17. The first-order valence-corrected chi connectivity index (χ1v) is 10.1. The van der Waals surface area contributed by atoms with E-state index in [1.807, 2.05) is 29.2 Å². The molecule has 0 unspecified atom stereocenters. The van der Waals surface area contributed by atoms with Gasteiger partial charge in [0.2, 0.25) is 5.91 Å². The zero-order valence-corrected chi connectivity index (χ0v) is 17.1. The Kier molecular flexibility index (Phi) is 5.10. The predicted octanol–water partition coefficient (Wildman–Crippen LogP) is 2.66. The molecule has 2 saturated heterocycles. The monoisotopic (exact) mass is 383 g/mol. The van der Waals surface area contributed by atoms with Crippen molar-refractivity contribution in [3.63, 3.8) is 0 Å². The number of benzene rings is 1. The van der Waals surface area contributed by atoms with Gasteiger partial charge in [0.15, 0.2) is 11.6 Å². The molecule has 1 aromatic heterocycles. The van der Waals surface area contributed by atoms with Crippen LogP contribution in [-0.2, 0) is 9.53 Å². The van der Waals surface area contributed by atoms with Gasteiger partial charge in [0.1, 0.15) is 0 Å². The van der Waals surface area contributed by atoms with E-state index in [-0.39, 0.29) is 30.2 Å². The van der Waals surface area contributed by atoms with Crippen molar-refractivity contribution in [2.45, 2.75) is 58.4 Å². The average Bonchev–Trinajstić information content (AvgIpc) is 3.01. The number of amides is 1. The third-order valence-corrected chi connectivity index (χ3v) is 5.39. The van der Waals surface area contributed by atoms with Gasteiger partial charge >= 0.3 is 0 Å². The van der Waals surface area contributed by atoms with Crippen molar-refractivity contribution >= 4 is 28.6 Å². The van der Waals surface area contributed by atoms with Crippen LogP contribution in [-0.4, -0.2) is 64.7 Å². The van der Waals surface area contributed by atoms with Crippen molar-refractivity contribution in [3.05, 3.63) is 24.3 Å². The summed E-state index contributed by atoms with van der Waals surface area (Å²) in [7, 11) is 0. The van der Waals surface area contributed by atoms with Crippen LogP contribution in [0.4, 0.5) is 11.6 Å². The Labute approximate surface area is 166 Å². The van der Waals surface area contributed by atoms with Crippen molar-refractivity contribution in [1.82, 2.24) is 14.9 Å². The lowest BCUT2D eigenvalue weighted by Crippen LogP contribution is -2.46. The summed E-state index contributed by atoms with van der Waals surface area (Å²) in [6.07, 6.45) is 0.755. The Hall–Kier alpha value is -2.41. The molecule has 1 amide bonds. The fourth-order valence-corrected chi connectivity index (χ4v) is 4.18. The third-order valence-electron chi connectivity index (χ3n) is 5.39. The molecule has 1 N–H and O–H groups in total. The molecule has 0 saturated carbocycles. The zero-order valence-electron chi connectivity index (χ0n) is 17.1. The molecule has 2 aliphatic rings. The van der Waals surface area contributed by atoms with Crippen LogP contribution in [0.1, 0.15) is 34.1 Å². The molecule has 0 spiro atoms. The molecule has 150 valence electrons. The summed E-state index contributed by atoms with van der Waals surface area (Å²) in [5, 5.41) is 3.53. The van der Waals surface area contributed by atoms with Crippen molar-refractivity contribution in [1.29, 1.82) is 0 Å². The molecule has 2 aliphatic heterocycles. The highest BCUT2D eigenvalue weighted by Gasteiger charge is 2.33. The lowest BCUT2D eigenvalue weighted by Gasteiger charge is -2.37. The third kappa shape index (κ3) is 3.76. The lowest BCUT2D eigenvalue weighted by molar-refractivity contribution is -0.129. The molecule has 2 aromatic rings. The smallest absolute Gasteiger partial charge is 0.225 e. The second-order valence-electron chi connectivity index (χ2n) is 8.23. The minimum Gasteiger partial charge on any atom is -0.372 e. The number of hydrogen-bond acceptors (Lipinski definition) is 6. The van der Waals surface area contributed by atoms with Crippen molar-refractivity contribution < 1.29 is 9.53 Å². The van der Waals surface area contributed by atoms with E-state index in [4.69, 9.17) is 14.7 Å². The van der Waals surface area contributed by atoms with Crippen LogP contribution in [0.2, 0.25) is 0 Å². The number of para-hydroxylation sites is 2. The maximum Gasteiger partial charge on any atom is 0.225 e. The van der Waals surface area contributed by atoms with Gasteiger partial charge in [0.25, 0.3) is 0 Å². The summed E-state index contributed by atoms with van der Waals surface area (Å²) in [5.41, 5.74) is 1.73. The van der Waals surface area contributed by atoms with E-state index < -0.39 is 0 Å². The Bertz CT molecular complexity index is 861. The Balaban J connectivity index is 1.67. The first-order chi connectivity index (χ1) is 13.4. The van der Waals surface area contributed by atoms with E-state index in [1.165, 1.54) is 0 Å². The number of rotatable bonds is 4. The molecule has 2 fully saturated rings. The largest absolute Gasteiger partial charge is 0.372 e. The highest BCUT2D eigenvalue weighted by molar-refractivity contribution is 5.83. The van der Waals surface area contributed by atoms with Gasteiger partial charge in [-0.3, -0.25) is 4.79 Å². The van der Waals surface area contributed by atoms with Crippen LogP contribution >= 0.6 is 0 Å². The molecular formula is C21H29N5O2. The number of morpholine rings is 1. The number of fused-ring (bicyclic) bond motifs is 1. The van der Waals surface area contributed by atoms with Gasteiger partial charge in [0, 0.05) is 32.1 Å². The van der Waals surface area contributed by atoms with Crippen molar-refractivity contribution in [3.8, 4) is 0 Å². The van der Waals surface area contributed by atoms with Crippen LogP contribution in [0.5, 0.6) is 0 Å². The fourth-order valence-electron chi connectivity index (χ4n) is 4.18. The van der Waals surface area contributed by atoms with Crippen LogP contribution in [0.3, 0.4) is 0 Å². The SMILES string of the molecule is CC(C)N1C[C@H](Nc2nc3ccccc3nc2N2C[C@@H](C)O[C@H](C)C2)CC1=O. The molecule has 7 nitrogen and oxygen atoms in total. The summed E-state index contributed by atoms with van der Waals surface area (Å²) >= 11 is 0. The molecule has 4 rings (SSSR count). The molecular weight excluding hydrogens is 354 g/mol. The second kappa shape index (κ2) is 7.54. The normalized spacial score (nSPS) is 25.8. The first kappa shape index (κ1) is 18.9. The predicted molar refractivity (Wildman–Crippen MR) is 111 cm³/mol. The van der Waals surface area contributed by atoms with Crippen LogP contribution < -0.4 is 10.2 Å². The highest BCUT2D eigenvalue weighted by Crippen LogP contribution is 2.29. The number of ether oxygens (including phenoxy) is 1. The quantitative estimate of drug-likeness (QED) is 0.875. The van der Waals surface area contributed by atoms with Gasteiger partial charge in [-0.2, -0.15) is 0 Å². The summed E-state index contributed by atoms with van der Waals surface area (Å²) < 4.78 is 5.89. The van der Waals surface area contributed by atoms with Crippen LogP contribution in [0.15, 0.2) is 24.3 Å². The van der Waals surface area contributed by atoms with Gasteiger partial charge in [0.05, 0.1) is 29.3 Å². The number of anilines is 2. The standard InChI is InChI=1S/C21H29N5O2/c1-13(2)26-12-16(9-19(26)27)22-20-21(25-10-14(3)28-15(4)11-25)24-18-8-6-5-7-17(18)23-20/h5-8,13-16H,9-12H2,1-4H3,(H,22,23)/t14-,15-,16-/m1/s1. The van der Waals surface area contributed by atoms with E-state index >= 15 is 0 Å². The molecule has 0 aliphatic carbocycles. The summed E-state index contributed by atoms with van der Waals surface area (Å²) in [5.74, 6) is 1.79. The number of aromatic nitrogens is 2. The molecule has 3 heterocycles. The van der Waals surface area contributed by atoms with Gasteiger partial charge in [-0.1, -0.05) is 12.1 Å². The van der Waals surface area contributed by atoms with E-state index in [0.29, 0.717) is 13.0 Å². The van der Waals surface area contributed by atoms with Crippen LogP contribution in [0, 0.1) is 0 Å². The maximum absolute atomic E-state index is 12.3. The van der Waals surface area contributed by atoms with Gasteiger partial charge < -0.3 is 19.9 Å². The number of nitrogens with one attached hydrogen (secondary N) is 1. The number of likely N-dealkylation sites (tertiary alicyclic amines) is 1. The molecule has 28 heavy (non-hydrogen) atoms. The summed E-state index contributed by atoms with van der Waals surface area (Å²) in [4.78, 5) is 26.3. The Morgan fingerprint density at radius 2 is 1.71 bits per heavy atom. The zero-order chi connectivity index (χ0) is 19.8. The van der Waals surface area contributed by atoms with Crippen molar-refractivity contribution in [2.24, 2.45) is 0 Å². The van der Waals surface area contributed by atoms with Gasteiger partial charge in [-0.25, -0.2) is 9.97 Å². The second-order valence-corrected chi connectivity index (χ2v) is 8.23. The van der Waals surface area contributed by atoms with Gasteiger partial charge in [-0.05, 0) is 39.8 Å². The lowest BCUT2D eigenvalue weighted by atomic mass is 10.2. The van der Waals surface area contributed by atoms with E-state index in [2.05, 4.69) is 37.9 Å². The van der Waals surface area contributed by atoms with E-state index in [0.717, 1.165) is 35.8 Å². The number of carbonyl (C=O) groups is 1. The Morgan fingerprint density at radius 3 is 2.32 bits per heavy atom. The highest BCUT2D eigenvalue weighted by atomic mass is 16.5. The topological polar surface area (TPSA) is 70.6 Å². The fraction of sp³-hybridized carbons (Fsp3) is 0.571. The Morgan fingerprint density at radius 1 is 1.07 bits per heavy atom. The maximum atomic E-state index is 12.3. The van der Waals surface area contributed by atoms with E-state index in [1.54, 1.807) is 0 Å². The van der Waals surface area contributed by atoms with E-state index in [9.17, 15) is 4.79 Å².